The number of carbonyl (C=O) groups is 1. The predicted molar refractivity (Wildman–Crippen MR) is 96.3 cm³/mol. The molecule has 0 spiro atoms. The van der Waals surface area contributed by atoms with Gasteiger partial charge in [0.25, 0.3) is 0 Å². The van der Waals surface area contributed by atoms with E-state index in [4.69, 9.17) is 0 Å². The molecule has 1 amide bonds. The zero-order chi connectivity index (χ0) is 17.6. The van der Waals surface area contributed by atoms with Gasteiger partial charge in [-0.05, 0) is 50.6 Å². The lowest BCUT2D eigenvalue weighted by Gasteiger charge is -2.23. The highest BCUT2D eigenvalue weighted by Crippen LogP contribution is 2.34. The molecule has 0 radical (unpaired) electrons. The summed E-state index contributed by atoms with van der Waals surface area (Å²) in [6.07, 6.45) is -1.16. The van der Waals surface area contributed by atoms with Crippen molar-refractivity contribution in [2.45, 2.75) is 38.8 Å². The lowest BCUT2D eigenvalue weighted by Crippen LogP contribution is -2.34. The maximum Gasteiger partial charge on any atom is 0.416 e. The van der Waals surface area contributed by atoms with Crippen LogP contribution in [0.4, 0.5) is 24.5 Å². The minimum absolute atomic E-state index is 0. The van der Waals surface area contributed by atoms with Crippen LogP contribution >= 0.6 is 12.4 Å². The smallest absolute Gasteiger partial charge is 0.383 e. The molecule has 0 bridgehead atoms. The van der Waals surface area contributed by atoms with E-state index in [0.717, 1.165) is 38.1 Å². The first-order chi connectivity index (χ1) is 11.4. The van der Waals surface area contributed by atoms with Crippen LogP contribution < -0.4 is 16.0 Å². The fourth-order valence-corrected chi connectivity index (χ4v) is 2.70. The Balaban J connectivity index is 0.00000312. The molecule has 0 aliphatic carbocycles. The van der Waals surface area contributed by atoms with Gasteiger partial charge in [-0.2, -0.15) is 13.2 Å². The van der Waals surface area contributed by atoms with E-state index < -0.39 is 11.7 Å². The highest BCUT2D eigenvalue weighted by atomic mass is 35.5. The highest BCUT2D eigenvalue weighted by Gasteiger charge is 2.31. The summed E-state index contributed by atoms with van der Waals surface area (Å²) in [6, 6.07) is 3.43. The number of hydrogen-bond acceptors (Lipinski definition) is 3. The molecule has 0 saturated carbocycles. The molecule has 2 rings (SSSR count). The van der Waals surface area contributed by atoms with E-state index in [2.05, 4.69) is 16.0 Å². The topological polar surface area (TPSA) is 53.2 Å². The van der Waals surface area contributed by atoms with Gasteiger partial charge in [-0.1, -0.05) is 13.3 Å². The van der Waals surface area contributed by atoms with Crippen LogP contribution in [0.15, 0.2) is 18.2 Å². The number of carbonyl (C=O) groups excluding carboxylic acids is 1. The van der Waals surface area contributed by atoms with Crippen molar-refractivity contribution in [2.24, 2.45) is 5.92 Å². The van der Waals surface area contributed by atoms with Gasteiger partial charge in [0.15, 0.2) is 0 Å². The number of anilines is 2. The Morgan fingerprint density at radius 3 is 2.52 bits per heavy atom. The Bertz CT molecular complexity index is 561. The average Bonchev–Trinajstić information content (AvgIpc) is 2.56. The van der Waals surface area contributed by atoms with Crippen molar-refractivity contribution < 1.29 is 18.0 Å². The number of hydrogen-bond donors (Lipinski definition) is 3. The molecule has 0 aromatic heterocycles. The molecule has 25 heavy (non-hydrogen) atoms. The van der Waals surface area contributed by atoms with E-state index in [1.807, 2.05) is 6.92 Å². The van der Waals surface area contributed by atoms with Crippen molar-refractivity contribution in [2.75, 3.05) is 30.3 Å². The molecule has 1 heterocycles. The fourth-order valence-electron chi connectivity index (χ4n) is 2.70. The van der Waals surface area contributed by atoms with Crippen LogP contribution in [0.5, 0.6) is 0 Å². The summed E-state index contributed by atoms with van der Waals surface area (Å²) < 4.78 is 38.9. The third-order valence-corrected chi connectivity index (χ3v) is 4.16. The molecule has 1 aliphatic rings. The van der Waals surface area contributed by atoms with Crippen LogP contribution in [-0.4, -0.2) is 25.5 Å². The van der Waals surface area contributed by atoms with Crippen molar-refractivity contribution in [1.82, 2.24) is 5.32 Å². The Kier molecular flexibility index (Phi) is 8.52. The SMILES string of the molecule is CCCCNc1ccc(C(F)(F)F)cc1NC(=O)C1CCNCC1.Cl. The van der Waals surface area contributed by atoms with Gasteiger partial charge in [0.2, 0.25) is 5.91 Å². The summed E-state index contributed by atoms with van der Waals surface area (Å²) in [7, 11) is 0. The summed E-state index contributed by atoms with van der Waals surface area (Å²) in [5.41, 5.74) is -0.0349. The van der Waals surface area contributed by atoms with Crippen LogP contribution in [-0.2, 0) is 11.0 Å². The van der Waals surface area contributed by atoms with Crippen LogP contribution in [0.2, 0.25) is 0 Å². The number of halogens is 4. The third-order valence-electron chi connectivity index (χ3n) is 4.16. The van der Waals surface area contributed by atoms with Gasteiger partial charge in [-0.3, -0.25) is 4.79 Å². The first kappa shape index (κ1) is 21.6. The van der Waals surface area contributed by atoms with E-state index in [1.54, 1.807) is 0 Å². The molecule has 3 N–H and O–H groups in total. The summed E-state index contributed by atoms with van der Waals surface area (Å²) in [6.45, 7) is 4.19. The normalized spacial score (nSPS) is 15.4. The molecule has 0 unspecified atom stereocenters. The first-order valence-electron chi connectivity index (χ1n) is 8.38. The molecule has 1 fully saturated rings. The van der Waals surface area contributed by atoms with E-state index in [0.29, 0.717) is 25.1 Å². The molecule has 8 heteroatoms. The first-order valence-corrected chi connectivity index (χ1v) is 8.38. The monoisotopic (exact) mass is 379 g/mol. The summed E-state index contributed by atoms with van der Waals surface area (Å²) >= 11 is 0. The second-order valence-electron chi connectivity index (χ2n) is 6.05. The van der Waals surface area contributed by atoms with Gasteiger partial charge in [0.05, 0.1) is 16.9 Å². The highest BCUT2D eigenvalue weighted by molar-refractivity contribution is 5.96. The number of nitrogens with one attached hydrogen (secondary N) is 3. The van der Waals surface area contributed by atoms with Crippen molar-refractivity contribution in [3.8, 4) is 0 Å². The van der Waals surface area contributed by atoms with Crippen molar-refractivity contribution in [3.63, 3.8) is 0 Å². The van der Waals surface area contributed by atoms with E-state index in [-0.39, 0.29) is 29.9 Å². The van der Waals surface area contributed by atoms with Crippen LogP contribution in [0.25, 0.3) is 0 Å². The zero-order valence-electron chi connectivity index (χ0n) is 14.2. The summed E-state index contributed by atoms with van der Waals surface area (Å²) in [4.78, 5) is 12.4. The number of unbranched alkanes of at least 4 members (excludes halogenated alkanes) is 1. The molecular formula is C17H25ClF3N3O. The molecular weight excluding hydrogens is 355 g/mol. The Morgan fingerprint density at radius 1 is 1.24 bits per heavy atom. The second-order valence-corrected chi connectivity index (χ2v) is 6.05. The molecule has 1 aromatic rings. The van der Waals surface area contributed by atoms with Gasteiger partial charge in [0, 0.05) is 12.5 Å². The average molecular weight is 380 g/mol. The minimum Gasteiger partial charge on any atom is -0.383 e. The van der Waals surface area contributed by atoms with Crippen molar-refractivity contribution >= 4 is 29.7 Å². The second kappa shape index (κ2) is 9.87. The fraction of sp³-hybridized carbons (Fsp3) is 0.588. The molecule has 1 saturated heterocycles. The summed E-state index contributed by atoms with van der Waals surface area (Å²) in [5, 5.41) is 8.96. The maximum atomic E-state index is 13.0. The number of rotatable bonds is 6. The number of amides is 1. The zero-order valence-corrected chi connectivity index (χ0v) is 15.0. The quantitative estimate of drug-likeness (QED) is 0.647. The van der Waals surface area contributed by atoms with Gasteiger partial charge < -0.3 is 16.0 Å². The lowest BCUT2D eigenvalue weighted by atomic mass is 9.97. The predicted octanol–water partition coefficient (Wildman–Crippen LogP) is 4.28. The van der Waals surface area contributed by atoms with E-state index >= 15 is 0 Å². The number of alkyl halides is 3. The Hall–Kier alpha value is -1.47. The lowest BCUT2D eigenvalue weighted by molar-refractivity contribution is -0.137. The van der Waals surface area contributed by atoms with E-state index in [1.165, 1.54) is 6.07 Å². The van der Waals surface area contributed by atoms with Crippen LogP contribution in [0, 0.1) is 5.92 Å². The Morgan fingerprint density at radius 2 is 1.92 bits per heavy atom. The van der Waals surface area contributed by atoms with Crippen LogP contribution in [0.3, 0.4) is 0 Å². The molecule has 4 nitrogen and oxygen atoms in total. The van der Waals surface area contributed by atoms with E-state index in [9.17, 15) is 18.0 Å². The van der Waals surface area contributed by atoms with Gasteiger partial charge in [-0.25, -0.2) is 0 Å². The summed E-state index contributed by atoms with van der Waals surface area (Å²) in [5.74, 6) is -0.376. The standard InChI is InChI=1S/C17H24F3N3O.ClH/c1-2-3-8-22-14-5-4-13(17(18,19)20)11-15(14)23-16(24)12-6-9-21-10-7-12;/h4-5,11-12,21-22H,2-3,6-10H2,1H3,(H,23,24);1H. The largest absolute Gasteiger partial charge is 0.416 e. The third kappa shape index (κ3) is 6.40. The Labute approximate surface area is 152 Å². The molecule has 142 valence electrons. The molecule has 1 aliphatic heterocycles. The van der Waals surface area contributed by atoms with Crippen molar-refractivity contribution in [3.05, 3.63) is 23.8 Å². The van der Waals surface area contributed by atoms with Crippen molar-refractivity contribution in [1.29, 1.82) is 0 Å². The number of piperidine rings is 1. The van der Waals surface area contributed by atoms with Gasteiger partial charge in [0.1, 0.15) is 0 Å². The molecule has 1 aromatic carbocycles. The number of benzene rings is 1. The van der Waals surface area contributed by atoms with Crippen LogP contribution in [0.1, 0.15) is 38.2 Å². The van der Waals surface area contributed by atoms with Gasteiger partial charge in [-0.15, -0.1) is 12.4 Å². The maximum absolute atomic E-state index is 13.0. The van der Waals surface area contributed by atoms with Gasteiger partial charge >= 0.3 is 6.18 Å². The minimum atomic E-state index is -4.43. The molecule has 0 atom stereocenters.